The van der Waals surface area contributed by atoms with Crippen molar-refractivity contribution in [2.24, 2.45) is 17.8 Å². The lowest BCUT2D eigenvalue weighted by atomic mass is 9.66. The highest BCUT2D eigenvalue weighted by Gasteiger charge is 2.45. The van der Waals surface area contributed by atoms with Crippen molar-refractivity contribution in [1.82, 2.24) is 5.32 Å². The monoisotopic (exact) mass is 293 g/mol. The van der Waals surface area contributed by atoms with Gasteiger partial charge >= 0.3 is 0 Å². The van der Waals surface area contributed by atoms with Crippen molar-refractivity contribution in [3.63, 3.8) is 0 Å². The summed E-state index contributed by atoms with van der Waals surface area (Å²) in [6.45, 7) is 5.77. The molecule has 3 aliphatic rings. The Bertz CT molecular complexity index is 313. The summed E-state index contributed by atoms with van der Waals surface area (Å²) < 4.78 is 6.17. The summed E-state index contributed by atoms with van der Waals surface area (Å²) in [7, 11) is 0. The molecule has 2 nitrogen and oxygen atoms in total. The molecule has 0 aromatic carbocycles. The molecule has 3 rings (SSSR count). The molecule has 3 fully saturated rings. The fraction of sp³-hybridized carbons (Fsp3) is 1.00. The van der Waals surface area contributed by atoms with E-state index in [1.165, 1.54) is 83.7 Å². The van der Waals surface area contributed by atoms with Crippen LogP contribution in [-0.2, 0) is 4.74 Å². The van der Waals surface area contributed by atoms with Crippen LogP contribution in [0, 0.1) is 17.8 Å². The first-order valence-corrected chi connectivity index (χ1v) is 9.68. The summed E-state index contributed by atoms with van der Waals surface area (Å²) >= 11 is 0. The highest BCUT2D eigenvalue weighted by atomic mass is 16.5. The van der Waals surface area contributed by atoms with Gasteiger partial charge in [0.1, 0.15) is 0 Å². The molecule has 0 amide bonds. The average molecular weight is 293 g/mol. The van der Waals surface area contributed by atoms with Gasteiger partial charge in [0.05, 0.1) is 5.60 Å². The molecule has 3 atom stereocenters. The van der Waals surface area contributed by atoms with Crippen molar-refractivity contribution in [2.75, 3.05) is 19.7 Å². The third kappa shape index (κ3) is 3.82. The smallest absolute Gasteiger partial charge is 0.0685 e. The Labute approximate surface area is 131 Å². The summed E-state index contributed by atoms with van der Waals surface area (Å²) in [5.41, 5.74) is 0.330. The zero-order valence-corrected chi connectivity index (χ0v) is 14.0. The summed E-state index contributed by atoms with van der Waals surface area (Å²) in [5, 5.41) is 3.72. The van der Waals surface area contributed by atoms with Crippen molar-refractivity contribution in [3.05, 3.63) is 0 Å². The van der Waals surface area contributed by atoms with E-state index in [9.17, 15) is 0 Å². The first kappa shape index (κ1) is 15.8. The maximum atomic E-state index is 6.17. The Morgan fingerprint density at radius 1 is 1.05 bits per heavy atom. The van der Waals surface area contributed by atoms with Crippen LogP contribution in [0.5, 0.6) is 0 Å². The molecule has 0 bridgehead atoms. The highest BCUT2D eigenvalue weighted by Crippen LogP contribution is 2.48. The van der Waals surface area contributed by atoms with E-state index < -0.39 is 0 Å². The molecule has 2 heteroatoms. The van der Waals surface area contributed by atoms with Gasteiger partial charge in [-0.3, -0.25) is 0 Å². The van der Waals surface area contributed by atoms with Gasteiger partial charge in [0.15, 0.2) is 0 Å². The van der Waals surface area contributed by atoms with Crippen LogP contribution in [0.4, 0.5) is 0 Å². The maximum absolute atomic E-state index is 6.17. The van der Waals surface area contributed by atoms with Gasteiger partial charge in [-0.2, -0.15) is 0 Å². The minimum absolute atomic E-state index is 0.330. The van der Waals surface area contributed by atoms with Gasteiger partial charge < -0.3 is 10.1 Å². The first-order chi connectivity index (χ1) is 10.3. The molecule has 3 unspecified atom stereocenters. The second-order valence-corrected chi connectivity index (χ2v) is 7.90. The van der Waals surface area contributed by atoms with Crippen LogP contribution in [0.3, 0.4) is 0 Å². The molecule has 1 heterocycles. The first-order valence-electron chi connectivity index (χ1n) is 9.68. The van der Waals surface area contributed by atoms with Gasteiger partial charge in [0.25, 0.3) is 0 Å². The van der Waals surface area contributed by atoms with Crippen LogP contribution in [-0.4, -0.2) is 25.3 Å². The number of ether oxygens (including phenoxy) is 1. The van der Waals surface area contributed by atoms with Gasteiger partial charge in [-0.15, -0.1) is 0 Å². The number of hydrogen-bond acceptors (Lipinski definition) is 2. The molecule has 2 saturated carbocycles. The Morgan fingerprint density at radius 2 is 1.90 bits per heavy atom. The summed E-state index contributed by atoms with van der Waals surface area (Å²) in [6, 6.07) is 0. The molecule has 1 saturated heterocycles. The minimum Gasteiger partial charge on any atom is -0.375 e. The minimum atomic E-state index is 0.330. The van der Waals surface area contributed by atoms with Crippen LogP contribution in [0.15, 0.2) is 0 Å². The number of hydrogen-bond donors (Lipinski definition) is 1. The number of rotatable bonds is 5. The normalized spacial score (nSPS) is 36.1. The van der Waals surface area contributed by atoms with Crippen LogP contribution in [0.2, 0.25) is 0 Å². The van der Waals surface area contributed by atoms with Crippen molar-refractivity contribution in [3.8, 4) is 0 Å². The van der Waals surface area contributed by atoms with Crippen molar-refractivity contribution in [2.45, 2.75) is 83.2 Å². The third-order valence-corrected chi connectivity index (χ3v) is 6.45. The van der Waals surface area contributed by atoms with Gasteiger partial charge in [0.2, 0.25) is 0 Å². The molecule has 1 N–H and O–H groups in total. The summed E-state index contributed by atoms with van der Waals surface area (Å²) in [6.07, 6.45) is 15.4. The standard InChI is InChI=1S/C19H35NO/c1-2-12-20-15-17-7-4-3-5-8-18(17)16-9-13-21-19(14-16)10-6-11-19/h16-18,20H,2-15H2,1H3. The van der Waals surface area contributed by atoms with E-state index in [0.717, 1.165) is 24.4 Å². The van der Waals surface area contributed by atoms with E-state index in [2.05, 4.69) is 12.2 Å². The fourth-order valence-corrected chi connectivity index (χ4v) is 5.10. The van der Waals surface area contributed by atoms with E-state index in [4.69, 9.17) is 4.74 Å². The fourth-order valence-electron chi connectivity index (χ4n) is 5.10. The lowest BCUT2D eigenvalue weighted by Crippen LogP contribution is -2.48. The van der Waals surface area contributed by atoms with E-state index in [1.807, 2.05) is 0 Å². The molecule has 21 heavy (non-hydrogen) atoms. The van der Waals surface area contributed by atoms with Gasteiger partial charge in [-0.1, -0.05) is 26.2 Å². The van der Waals surface area contributed by atoms with Crippen LogP contribution >= 0.6 is 0 Å². The second-order valence-electron chi connectivity index (χ2n) is 7.90. The highest BCUT2D eigenvalue weighted by molar-refractivity contribution is 4.96. The average Bonchev–Trinajstić information content (AvgIpc) is 2.72. The lowest BCUT2D eigenvalue weighted by molar-refractivity contribution is -0.153. The molecule has 1 spiro atoms. The Balaban J connectivity index is 1.60. The van der Waals surface area contributed by atoms with E-state index >= 15 is 0 Å². The van der Waals surface area contributed by atoms with Gasteiger partial charge in [-0.25, -0.2) is 0 Å². The van der Waals surface area contributed by atoms with E-state index in [-0.39, 0.29) is 0 Å². The largest absolute Gasteiger partial charge is 0.375 e. The maximum Gasteiger partial charge on any atom is 0.0685 e. The second kappa shape index (κ2) is 7.46. The molecule has 122 valence electrons. The summed E-state index contributed by atoms with van der Waals surface area (Å²) in [5.74, 6) is 2.85. The predicted octanol–water partition coefficient (Wildman–Crippen LogP) is 4.53. The molecule has 2 aliphatic carbocycles. The number of nitrogens with one attached hydrogen (secondary N) is 1. The Kier molecular flexibility index (Phi) is 5.61. The predicted molar refractivity (Wildman–Crippen MR) is 88.5 cm³/mol. The summed E-state index contributed by atoms with van der Waals surface area (Å²) in [4.78, 5) is 0. The molecule has 1 aliphatic heterocycles. The van der Waals surface area contributed by atoms with E-state index in [1.54, 1.807) is 0 Å². The van der Waals surface area contributed by atoms with Gasteiger partial charge in [-0.05, 0) is 82.2 Å². The van der Waals surface area contributed by atoms with Crippen molar-refractivity contribution >= 4 is 0 Å². The molecule has 0 radical (unpaired) electrons. The van der Waals surface area contributed by atoms with Crippen molar-refractivity contribution in [1.29, 1.82) is 0 Å². The van der Waals surface area contributed by atoms with Crippen LogP contribution < -0.4 is 5.32 Å². The zero-order valence-electron chi connectivity index (χ0n) is 14.0. The SMILES string of the molecule is CCCNCC1CCCCCC1C1CCOC2(CCC2)C1. The Morgan fingerprint density at radius 3 is 2.67 bits per heavy atom. The van der Waals surface area contributed by atoms with Crippen LogP contribution in [0.25, 0.3) is 0 Å². The van der Waals surface area contributed by atoms with Crippen LogP contribution in [0.1, 0.15) is 77.6 Å². The molecule has 0 aromatic heterocycles. The molecular formula is C19H35NO. The topological polar surface area (TPSA) is 21.3 Å². The van der Waals surface area contributed by atoms with Gasteiger partial charge in [0, 0.05) is 6.61 Å². The zero-order chi connectivity index (χ0) is 14.5. The van der Waals surface area contributed by atoms with Crippen molar-refractivity contribution < 1.29 is 4.74 Å². The quantitative estimate of drug-likeness (QED) is 0.594. The molecule has 0 aromatic rings. The molecular weight excluding hydrogens is 258 g/mol. The third-order valence-electron chi connectivity index (χ3n) is 6.45. The Hall–Kier alpha value is -0.0800. The van der Waals surface area contributed by atoms with E-state index in [0.29, 0.717) is 5.60 Å². The lowest BCUT2D eigenvalue weighted by Gasteiger charge is -2.49.